The normalized spacial score (nSPS) is 17.6. The summed E-state index contributed by atoms with van der Waals surface area (Å²) in [5.41, 5.74) is 1.89. The molecule has 4 nitrogen and oxygen atoms in total. The maximum atomic E-state index is 13.7. The average Bonchev–Trinajstić information content (AvgIpc) is 2.51. The Kier molecular flexibility index (Phi) is 4.10. The molecule has 1 aliphatic heterocycles. The predicted molar refractivity (Wildman–Crippen MR) is 92.9 cm³/mol. The summed E-state index contributed by atoms with van der Waals surface area (Å²) >= 11 is 3.19. The van der Waals surface area contributed by atoms with E-state index in [1.165, 1.54) is 16.4 Å². The molecule has 1 atom stereocenters. The SMILES string of the molecule is Cc1ccc(S(=O)(=O)N2c3ccc(F)c(Br)c3NC[C@@H]2C)cc1. The average molecular weight is 399 g/mol. The van der Waals surface area contributed by atoms with Crippen LogP contribution in [-0.2, 0) is 10.0 Å². The lowest BCUT2D eigenvalue weighted by Gasteiger charge is -2.37. The molecular weight excluding hydrogens is 383 g/mol. The van der Waals surface area contributed by atoms with Gasteiger partial charge in [-0.3, -0.25) is 4.31 Å². The van der Waals surface area contributed by atoms with Crippen LogP contribution in [-0.4, -0.2) is 21.0 Å². The molecule has 0 aliphatic carbocycles. The third kappa shape index (κ3) is 2.72. The largest absolute Gasteiger partial charge is 0.380 e. The number of anilines is 2. The molecule has 0 radical (unpaired) electrons. The number of aryl methyl sites for hydroxylation is 1. The first kappa shape index (κ1) is 16.3. The van der Waals surface area contributed by atoms with E-state index in [-0.39, 0.29) is 15.4 Å². The molecule has 0 amide bonds. The van der Waals surface area contributed by atoms with E-state index < -0.39 is 15.8 Å². The predicted octanol–water partition coefficient (Wildman–Crippen LogP) is 3.91. The molecule has 0 saturated carbocycles. The Morgan fingerprint density at radius 3 is 2.52 bits per heavy atom. The molecular formula is C16H16BrFN2O2S. The standard InChI is InChI=1S/C16H16BrFN2O2S/c1-10-3-5-12(6-4-10)23(21,22)20-11(2)9-19-16-14(20)8-7-13(18)15(16)17/h3-8,11,19H,9H2,1-2H3/t11-/m0/s1. The second-order valence-electron chi connectivity index (χ2n) is 5.60. The van der Waals surface area contributed by atoms with E-state index in [4.69, 9.17) is 0 Å². The molecule has 0 fully saturated rings. The van der Waals surface area contributed by atoms with Gasteiger partial charge in [-0.05, 0) is 54.0 Å². The summed E-state index contributed by atoms with van der Waals surface area (Å²) in [5.74, 6) is -0.432. The van der Waals surface area contributed by atoms with Crippen LogP contribution in [0.4, 0.5) is 15.8 Å². The van der Waals surface area contributed by atoms with Crippen molar-refractivity contribution in [1.82, 2.24) is 0 Å². The molecule has 122 valence electrons. The van der Waals surface area contributed by atoms with E-state index in [9.17, 15) is 12.8 Å². The third-order valence-electron chi connectivity index (χ3n) is 3.86. The lowest BCUT2D eigenvalue weighted by Crippen LogP contribution is -2.46. The molecule has 23 heavy (non-hydrogen) atoms. The summed E-state index contributed by atoms with van der Waals surface area (Å²) in [6.45, 7) is 4.12. The molecule has 0 unspecified atom stereocenters. The molecule has 0 aromatic heterocycles. The van der Waals surface area contributed by atoms with Crippen LogP contribution in [0.25, 0.3) is 0 Å². The van der Waals surface area contributed by atoms with Crippen molar-refractivity contribution in [3.05, 3.63) is 52.3 Å². The maximum absolute atomic E-state index is 13.7. The second-order valence-corrected chi connectivity index (χ2v) is 8.21. The molecule has 2 aromatic rings. The molecule has 7 heteroatoms. The molecule has 1 aliphatic rings. The molecule has 1 N–H and O–H groups in total. The Bertz CT molecular complexity index is 853. The van der Waals surface area contributed by atoms with Crippen molar-refractivity contribution in [2.45, 2.75) is 24.8 Å². The number of hydrogen-bond acceptors (Lipinski definition) is 3. The number of sulfonamides is 1. The van der Waals surface area contributed by atoms with Crippen molar-refractivity contribution < 1.29 is 12.8 Å². The van der Waals surface area contributed by atoms with Crippen LogP contribution < -0.4 is 9.62 Å². The maximum Gasteiger partial charge on any atom is 0.264 e. The Hall–Kier alpha value is -1.60. The fraction of sp³-hybridized carbons (Fsp3) is 0.250. The minimum Gasteiger partial charge on any atom is -0.380 e. The van der Waals surface area contributed by atoms with E-state index in [0.29, 0.717) is 17.9 Å². The highest BCUT2D eigenvalue weighted by atomic mass is 79.9. The lowest BCUT2D eigenvalue weighted by molar-refractivity contribution is 0.579. The van der Waals surface area contributed by atoms with Gasteiger partial charge in [-0.15, -0.1) is 0 Å². The van der Waals surface area contributed by atoms with Gasteiger partial charge in [-0.1, -0.05) is 17.7 Å². The summed E-state index contributed by atoms with van der Waals surface area (Å²) < 4.78 is 41.5. The van der Waals surface area contributed by atoms with Crippen LogP contribution in [0.1, 0.15) is 12.5 Å². The van der Waals surface area contributed by atoms with E-state index in [2.05, 4.69) is 21.2 Å². The third-order valence-corrected chi connectivity index (χ3v) is 6.58. The molecule has 1 heterocycles. The first-order valence-electron chi connectivity index (χ1n) is 7.15. The van der Waals surface area contributed by atoms with Crippen molar-refractivity contribution in [2.75, 3.05) is 16.2 Å². The smallest absolute Gasteiger partial charge is 0.264 e. The van der Waals surface area contributed by atoms with Gasteiger partial charge >= 0.3 is 0 Å². The van der Waals surface area contributed by atoms with E-state index in [0.717, 1.165) is 5.56 Å². The Labute approximate surface area is 143 Å². The topological polar surface area (TPSA) is 49.4 Å². The molecule has 0 spiro atoms. The van der Waals surface area contributed by atoms with Gasteiger partial charge < -0.3 is 5.32 Å². The zero-order valence-electron chi connectivity index (χ0n) is 12.7. The van der Waals surface area contributed by atoms with Crippen LogP contribution in [0.2, 0.25) is 0 Å². The fourth-order valence-electron chi connectivity index (χ4n) is 2.65. The van der Waals surface area contributed by atoms with Crippen molar-refractivity contribution in [2.24, 2.45) is 0 Å². The first-order chi connectivity index (χ1) is 10.8. The van der Waals surface area contributed by atoms with Gasteiger partial charge in [-0.2, -0.15) is 0 Å². The zero-order valence-corrected chi connectivity index (χ0v) is 15.1. The lowest BCUT2D eigenvalue weighted by atomic mass is 10.1. The van der Waals surface area contributed by atoms with Crippen molar-refractivity contribution >= 4 is 37.3 Å². The van der Waals surface area contributed by atoms with Gasteiger partial charge in [0.25, 0.3) is 10.0 Å². The Balaban J connectivity index is 2.16. The Morgan fingerprint density at radius 1 is 1.22 bits per heavy atom. The summed E-state index contributed by atoms with van der Waals surface area (Å²) in [5, 5.41) is 3.09. The van der Waals surface area contributed by atoms with Gasteiger partial charge in [0.05, 0.1) is 26.8 Å². The van der Waals surface area contributed by atoms with Crippen molar-refractivity contribution in [3.8, 4) is 0 Å². The number of hydrogen-bond donors (Lipinski definition) is 1. The second kappa shape index (κ2) is 5.79. The van der Waals surface area contributed by atoms with Crippen molar-refractivity contribution in [1.29, 1.82) is 0 Å². The van der Waals surface area contributed by atoms with Crippen LogP contribution in [0.5, 0.6) is 0 Å². The summed E-state index contributed by atoms with van der Waals surface area (Å²) in [7, 11) is -3.72. The molecule has 3 rings (SSSR count). The number of rotatable bonds is 2. The zero-order chi connectivity index (χ0) is 16.8. The van der Waals surface area contributed by atoms with Crippen molar-refractivity contribution in [3.63, 3.8) is 0 Å². The number of nitrogens with zero attached hydrogens (tertiary/aromatic N) is 1. The number of benzene rings is 2. The van der Waals surface area contributed by atoms with Gasteiger partial charge in [0, 0.05) is 6.54 Å². The molecule has 2 aromatic carbocycles. The molecule has 0 saturated heterocycles. The fourth-order valence-corrected chi connectivity index (χ4v) is 4.79. The number of halogens is 2. The minimum absolute atomic E-state index is 0.225. The summed E-state index contributed by atoms with van der Waals surface area (Å²) in [6.07, 6.45) is 0. The highest BCUT2D eigenvalue weighted by molar-refractivity contribution is 9.10. The van der Waals surface area contributed by atoms with Crippen LogP contribution in [0.15, 0.2) is 45.8 Å². The minimum atomic E-state index is -3.72. The first-order valence-corrected chi connectivity index (χ1v) is 9.38. The van der Waals surface area contributed by atoms with Crippen LogP contribution in [0, 0.1) is 12.7 Å². The van der Waals surface area contributed by atoms with Crippen LogP contribution >= 0.6 is 15.9 Å². The van der Waals surface area contributed by atoms with E-state index in [1.807, 2.05) is 13.8 Å². The van der Waals surface area contributed by atoms with Gasteiger partial charge in [-0.25, -0.2) is 12.8 Å². The van der Waals surface area contributed by atoms with E-state index >= 15 is 0 Å². The van der Waals surface area contributed by atoms with E-state index in [1.54, 1.807) is 24.3 Å². The van der Waals surface area contributed by atoms with Gasteiger partial charge in [0.2, 0.25) is 0 Å². The van der Waals surface area contributed by atoms with Gasteiger partial charge in [0.1, 0.15) is 5.82 Å². The van der Waals surface area contributed by atoms with Gasteiger partial charge in [0.15, 0.2) is 0 Å². The Morgan fingerprint density at radius 2 is 1.87 bits per heavy atom. The molecule has 0 bridgehead atoms. The highest BCUT2D eigenvalue weighted by Gasteiger charge is 2.35. The van der Waals surface area contributed by atoms with Crippen LogP contribution in [0.3, 0.4) is 0 Å². The highest BCUT2D eigenvalue weighted by Crippen LogP contribution is 2.41. The number of nitrogens with one attached hydrogen (secondary N) is 1. The summed E-state index contributed by atoms with van der Waals surface area (Å²) in [4.78, 5) is 0.225. The monoisotopic (exact) mass is 398 g/mol. The quantitative estimate of drug-likeness (QED) is 0.833. The summed E-state index contributed by atoms with van der Waals surface area (Å²) in [6, 6.07) is 9.19. The number of fused-ring (bicyclic) bond motifs is 1.